The maximum atomic E-state index is 12.3. The van der Waals surface area contributed by atoms with Crippen molar-refractivity contribution in [2.75, 3.05) is 38.1 Å². The molecule has 1 amide bonds. The van der Waals surface area contributed by atoms with E-state index in [1.54, 1.807) is 6.07 Å². The fraction of sp³-hybridized carbons (Fsp3) is 0.533. The average molecular weight is 285 g/mol. The number of nitrogens with zero attached hydrogens (tertiary/aromatic N) is 4. The van der Waals surface area contributed by atoms with Gasteiger partial charge < -0.3 is 10.2 Å². The van der Waals surface area contributed by atoms with Crippen molar-refractivity contribution in [1.29, 1.82) is 5.26 Å². The summed E-state index contributed by atoms with van der Waals surface area (Å²) >= 11 is 0. The number of pyridine rings is 1. The Kier molecular flexibility index (Phi) is 3.52. The summed E-state index contributed by atoms with van der Waals surface area (Å²) in [6.45, 7) is 3.18. The van der Waals surface area contributed by atoms with Crippen molar-refractivity contribution >= 4 is 11.7 Å². The van der Waals surface area contributed by atoms with E-state index >= 15 is 0 Å². The van der Waals surface area contributed by atoms with E-state index in [4.69, 9.17) is 5.26 Å². The van der Waals surface area contributed by atoms with Crippen molar-refractivity contribution in [2.24, 2.45) is 0 Å². The first-order chi connectivity index (χ1) is 10.2. The van der Waals surface area contributed by atoms with Gasteiger partial charge in [-0.05, 0) is 32.0 Å². The lowest BCUT2D eigenvalue weighted by atomic mass is 9.83. The Balaban J connectivity index is 1.75. The molecule has 0 aliphatic carbocycles. The smallest absolute Gasteiger partial charge is 0.240 e. The number of amides is 1. The zero-order valence-electron chi connectivity index (χ0n) is 12.2. The fourth-order valence-electron chi connectivity index (χ4n) is 3.27. The van der Waals surface area contributed by atoms with Crippen LogP contribution in [0.15, 0.2) is 18.2 Å². The van der Waals surface area contributed by atoms with E-state index in [2.05, 4.69) is 26.2 Å². The highest BCUT2D eigenvalue weighted by Gasteiger charge is 2.46. The molecular formula is C15H19N5O. The van der Waals surface area contributed by atoms with E-state index in [-0.39, 0.29) is 11.4 Å². The standard InChI is InChI=1S/C15H19N5O/c1-19-10-7-17-14(21)15(19)5-8-20(9-6-15)13-4-2-3-12(11-16)18-13/h2-4H,5-10H2,1H3,(H,17,21). The second-order valence-corrected chi connectivity index (χ2v) is 5.69. The predicted octanol–water partition coefficient (Wildman–Crippen LogP) is 0.354. The molecule has 6 heteroatoms. The van der Waals surface area contributed by atoms with Gasteiger partial charge in [0.1, 0.15) is 23.1 Å². The van der Waals surface area contributed by atoms with Gasteiger partial charge in [0.2, 0.25) is 5.91 Å². The lowest BCUT2D eigenvalue weighted by Gasteiger charge is -2.48. The lowest BCUT2D eigenvalue weighted by Crippen LogP contribution is -2.66. The topological polar surface area (TPSA) is 72.3 Å². The van der Waals surface area contributed by atoms with Crippen molar-refractivity contribution in [1.82, 2.24) is 15.2 Å². The van der Waals surface area contributed by atoms with Gasteiger partial charge in [0.15, 0.2) is 0 Å². The molecule has 1 spiro atoms. The van der Waals surface area contributed by atoms with Crippen LogP contribution in [0, 0.1) is 11.3 Å². The number of hydrogen-bond donors (Lipinski definition) is 1. The Hall–Kier alpha value is -2.13. The number of hydrogen-bond acceptors (Lipinski definition) is 5. The Bertz CT molecular complexity index is 586. The quantitative estimate of drug-likeness (QED) is 0.806. The second-order valence-electron chi connectivity index (χ2n) is 5.69. The molecule has 1 N–H and O–H groups in total. The molecule has 2 aliphatic rings. The normalized spacial score (nSPS) is 21.9. The molecule has 21 heavy (non-hydrogen) atoms. The molecule has 0 unspecified atom stereocenters. The zero-order valence-corrected chi connectivity index (χ0v) is 12.2. The van der Waals surface area contributed by atoms with Gasteiger partial charge in [0.05, 0.1) is 0 Å². The number of piperazine rings is 1. The first kappa shape index (κ1) is 13.8. The molecule has 110 valence electrons. The van der Waals surface area contributed by atoms with Gasteiger partial charge in [-0.1, -0.05) is 6.07 Å². The minimum atomic E-state index is -0.373. The third kappa shape index (κ3) is 2.34. The fourth-order valence-corrected chi connectivity index (χ4v) is 3.27. The van der Waals surface area contributed by atoms with Crippen molar-refractivity contribution in [3.8, 4) is 6.07 Å². The summed E-state index contributed by atoms with van der Waals surface area (Å²) in [6.07, 6.45) is 1.57. The number of carbonyl (C=O) groups excluding carboxylic acids is 1. The molecule has 0 aromatic carbocycles. The van der Waals surface area contributed by atoms with Crippen molar-refractivity contribution < 1.29 is 4.79 Å². The summed E-state index contributed by atoms with van der Waals surface area (Å²) in [4.78, 5) is 21.0. The summed E-state index contributed by atoms with van der Waals surface area (Å²) in [6, 6.07) is 7.54. The van der Waals surface area contributed by atoms with Gasteiger partial charge in [0, 0.05) is 26.2 Å². The molecule has 0 atom stereocenters. The van der Waals surface area contributed by atoms with Gasteiger partial charge >= 0.3 is 0 Å². The molecule has 1 aromatic heterocycles. The SMILES string of the molecule is CN1CCNC(=O)C12CCN(c1cccc(C#N)n1)CC2. The van der Waals surface area contributed by atoms with Crippen LogP contribution < -0.4 is 10.2 Å². The number of carbonyl (C=O) groups is 1. The van der Waals surface area contributed by atoms with Crippen LogP contribution in [-0.2, 0) is 4.79 Å². The van der Waals surface area contributed by atoms with Crippen LogP contribution in [0.1, 0.15) is 18.5 Å². The number of nitrogens with one attached hydrogen (secondary N) is 1. The minimum absolute atomic E-state index is 0.148. The summed E-state index contributed by atoms with van der Waals surface area (Å²) in [7, 11) is 2.03. The Morgan fingerprint density at radius 3 is 2.76 bits per heavy atom. The number of anilines is 1. The molecule has 0 saturated carbocycles. The Morgan fingerprint density at radius 2 is 2.10 bits per heavy atom. The molecule has 1 aromatic rings. The minimum Gasteiger partial charge on any atom is -0.356 e. The van der Waals surface area contributed by atoms with Crippen LogP contribution in [0.3, 0.4) is 0 Å². The van der Waals surface area contributed by atoms with Crippen LogP contribution >= 0.6 is 0 Å². The van der Waals surface area contributed by atoms with E-state index < -0.39 is 0 Å². The van der Waals surface area contributed by atoms with Crippen LogP contribution in [-0.4, -0.2) is 54.6 Å². The third-order valence-corrected chi connectivity index (χ3v) is 4.65. The lowest BCUT2D eigenvalue weighted by molar-refractivity contribution is -0.137. The molecular weight excluding hydrogens is 266 g/mol. The molecule has 0 bridgehead atoms. The largest absolute Gasteiger partial charge is 0.356 e. The molecule has 2 saturated heterocycles. The van der Waals surface area contributed by atoms with Gasteiger partial charge in [-0.2, -0.15) is 5.26 Å². The van der Waals surface area contributed by atoms with E-state index in [1.165, 1.54) is 0 Å². The zero-order chi connectivity index (χ0) is 14.9. The number of nitriles is 1. The summed E-state index contributed by atoms with van der Waals surface area (Å²) in [5.74, 6) is 0.970. The predicted molar refractivity (Wildman–Crippen MR) is 78.8 cm³/mol. The van der Waals surface area contributed by atoms with Crippen molar-refractivity contribution in [3.05, 3.63) is 23.9 Å². The average Bonchev–Trinajstić information content (AvgIpc) is 2.53. The highest BCUT2D eigenvalue weighted by atomic mass is 16.2. The maximum absolute atomic E-state index is 12.3. The van der Waals surface area contributed by atoms with Gasteiger partial charge in [-0.3, -0.25) is 9.69 Å². The molecule has 2 aliphatic heterocycles. The van der Waals surface area contributed by atoms with Gasteiger partial charge in [-0.25, -0.2) is 4.98 Å². The molecule has 6 nitrogen and oxygen atoms in total. The summed E-state index contributed by atoms with van der Waals surface area (Å²) in [5.41, 5.74) is 0.0574. The van der Waals surface area contributed by atoms with E-state index in [0.29, 0.717) is 5.69 Å². The third-order valence-electron chi connectivity index (χ3n) is 4.65. The van der Waals surface area contributed by atoms with E-state index in [0.717, 1.165) is 44.8 Å². The van der Waals surface area contributed by atoms with E-state index in [9.17, 15) is 4.79 Å². The summed E-state index contributed by atoms with van der Waals surface area (Å²) in [5, 5.41) is 11.9. The highest BCUT2D eigenvalue weighted by molar-refractivity contribution is 5.87. The number of rotatable bonds is 1. The van der Waals surface area contributed by atoms with Crippen molar-refractivity contribution in [3.63, 3.8) is 0 Å². The molecule has 3 rings (SSSR count). The van der Waals surface area contributed by atoms with Crippen LogP contribution in [0.2, 0.25) is 0 Å². The number of likely N-dealkylation sites (N-methyl/N-ethyl adjacent to an activating group) is 1. The van der Waals surface area contributed by atoms with Gasteiger partial charge in [-0.15, -0.1) is 0 Å². The first-order valence-corrected chi connectivity index (χ1v) is 7.27. The van der Waals surface area contributed by atoms with Crippen LogP contribution in [0.5, 0.6) is 0 Å². The van der Waals surface area contributed by atoms with E-state index in [1.807, 2.05) is 19.2 Å². The van der Waals surface area contributed by atoms with Crippen molar-refractivity contribution in [2.45, 2.75) is 18.4 Å². The molecule has 2 fully saturated rings. The van der Waals surface area contributed by atoms with Crippen LogP contribution in [0.4, 0.5) is 5.82 Å². The monoisotopic (exact) mass is 285 g/mol. The second kappa shape index (κ2) is 5.34. The van der Waals surface area contributed by atoms with Crippen LogP contribution in [0.25, 0.3) is 0 Å². The summed E-state index contributed by atoms with van der Waals surface area (Å²) < 4.78 is 0. The Morgan fingerprint density at radius 1 is 1.33 bits per heavy atom. The van der Waals surface area contributed by atoms with Gasteiger partial charge in [0.25, 0.3) is 0 Å². The number of aromatic nitrogens is 1. The highest BCUT2D eigenvalue weighted by Crippen LogP contribution is 2.31. The first-order valence-electron chi connectivity index (χ1n) is 7.27. The maximum Gasteiger partial charge on any atom is 0.240 e. The molecule has 3 heterocycles. The number of piperidine rings is 1. The molecule has 0 radical (unpaired) electrons. The Labute approximate surface area is 124 Å².